The van der Waals surface area contributed by atoms with Crippen molar-refractivity contribution in [2.45, 2.75) is 81.4 Å². The number of nitrogens with two attached hydrogens (primary N) is 1. The molecular formula is C36H38ClFN4O5S. The zero-order valence-corrected chi connectivity index (χ0v) is 28.7. The number of nitrogens with zero attached hydrogens (tertiary/aromatic N) is 3. The van der Waals surface area contributed by atoms with Crippen molar-refractivity contribution in [1.29, 1.82) is 0 Å². The van der Waals surface area contributed by atoms with E-state index in [9.17, 15) is 18.8 Å². The predicted molar refractivity (Wildman–Crippen MR) is 184 cm³/mol. The zero-order chi connectivity index (χ0) is 34.6. The maximum Gasteiger partial charge on any atom is 0.306 e. The molecule has 12 heteroatoms. The number of amides is 2. The van der Waals surface area contributed by atoms with E-state index in [1.807, 2.05) is 23.1 Å². The maximum atomic E-state index is 14.5. The summed E-state index contributed by atoms with van der Waals surface area (Å²) < 4.78 is 26.0. The van der Waals surface area contributed by atoms with Crippen molar-refractivity contribution in [3.05, 3.63) is 93.5 Å². The van der Waals surface area contributed by atoms with Crippen LogP contribution < -0.4 is 15.4 Å². The highest BCUT2D eigenvalue weighted by molar-refractivity contribution is 8.00. The summed E-state index contributed by atoms with van der Waals surface area (Å²) in [5.74, 6) is -1.36. The SMILES string of the molecule is [C-]#[N+]c1ccc(N2CCC(Sc3ccc(COc4cccc5c4CN([C@@H](CCC(=O)OC(C)(C)C)C(N)=O)C5=O)cc3Cl)CC2)c(F)c1. The topological polar surface area (TPSA) is 107 Å². The molecule has 0 aliphatic carbocycles. The molecule has 2 aliphatic heterocycles. The second-order valence-corrected chi connectivity index (χ2v) is 14.6. The highest BCUT2D eigenvalue weighted by atomic mass is 35.5. The van der Waals surface area contributed by atoms with Gasteiger partial charge in [-0.3, -0.25) is 14.4 Å². The monoisotopic (exact) mass is 692 g/mol. The number of carbonyl (C=O) groups excluding carboxylic acids is 3. The molecule has 1 atom stereocenters. The smallest absolute Gasteiger partial charge is 0.306 e. The summed E-state index contributed by atoms with van der Waals surface area (Å²) in [4.78, 5) is 45.6. The number of halogens is 2. The summed E-state index contributed by atoms with van der Waals surface area (Å²) in [6, 6.07) is 14.6. The van der Waals surface area contributed by atoms with Crippen LogP contribution >= 0.6 is 23.4 Å². The van der Waals surface area contributed by atoms with E-state index in [1.165, 1.54) is 11.0 Å². The Bertz CT molecular complexity index is 1750. The van der Waals surface area contributed by atoms with Crippen molar-refractivity contribution in [2.75, 3.05) is 18.0 Å². The second kappa shape index (κ2) is 14.9. The number of esters is 1. The van der Waals surface area contributed by atoms with Crippen molar-refractivity contribution in [3.63, 3.8) is 0 Å². The van der Waals surface area contributed by atoms with Gasteiger partial charge in [0.2, 0.25) is 5.91 Å². The summed E-state index contributed by atoms with van der Waals surface area (Å²) in [5, 5.41) is 0.936. The fraction of sp³-hybridized carbons (Fsp3) is 0.389. The van der Waals surface area contributed by atoms with Gasteiger partial charge >= 0.3 is 5.97 Å². The predicted octanol–water partition coefficient (Wildman–Crippen LogP) is 7.30. The lowest BCUT2D eigenvalue weighted by Gasteiger charge is -2.33. The fourth-order valence-electron chi connectivity index (χ4n) is 5.92. The number of carbonyl (C=O) groups is 3. The fourth-order valence-corrected chi connectivity index (χ4v) is 7.38. The van der Waals surface area contributed by atoms with Crippen LogP contribution in [0.5, 0.6) is 5.75 Å². The number of piperidine rings is 1. The van der Waals surface area contributed by atoms with E-state index >= 15 is 0 Å². The van der Waals surface area contributed by atoms with Gasteiger partial charge in [0.15, 0.2) is 5.69 Å². The van der Waals surface area contributed by atoms with E-state index in [2.05, 4.69) is 4.85 Å². The molecule has 0 aromatic heterocycles. The number of primary amides is 1. The third-order valence-electron chi connectivity index (χ3n) is 8.23. The number of ether oxygens (including phenoxy) is 2. The van der Waals surface area contributed by atoms with Gasteiger partial charge < -0.3 is 25.0 Å². The third-order valence-corrected chi connectivity index (χ3v) is 10.1. The molecular weight excluding hydrogens is 655 g/mol. The van der Waals surface area contributed by atoms with E-state index < -0.39 is 23.5 Å². The zero-order valence-electron chi connectivity index (χ0n) is 27.1. The summed E-state index contributed by atoms with van der Waals surface area (Å²) in [6.45, 7) is 14.1. The Morgan fingerprint density at radius 1 is 1.15 bits per heavy atom. The van der Waals surface area contributed by atoms with Gasteiger partial charge in [-0.15, -0.1) is 11.8 Å². The quantitative estimate of drug-likeness (QED) is 0.166. The molecule has 0 unspecified atom stereocenters. The van der Waals surface area contributed by atoms with Crippen molar-refractivity contribution >= 4 is 52.5 Å². The molecule has 2 aliphatic rings. The average Bonchev–Trinajstić information content (AvgIpc) is 3.37. The van der Waals surface area contributed by atoms with Crippen molar-refractivity contribution < 1.29 is 28.2 Å². The van der Waals surface area contributed by atoms with E-state index in [1.54, 1.807) is 62.9 Å². The molecule has 0 saturated carbocycles. The Labute approximate surface area is 289 Å². The molecule has 0 radical (unpaired) electrons. The standard InChI is InChI=1S/C36H38ClFN4O5S/c1-36(2,3)47-33(43)13-11-30(34(39)44)42-20-26-25(35(42)45)6-5-7-31(26)46-21-22-8-12-32(27(37)18-22)48-24-14-16-41(17-15-24)29-10-9-23(40-4)19-28(29)38/h5-10,12,18-19,24,30H,11,13-17,20-21H2,1-3H3,(H2,39,44)/t30-/m0/s1. The first-order chi connectivity index (χ1) is 22.8. The highest BCUT2D eigenvalue weighted by Gasteiger charge is 2.37. The molecule has 0 bridgehead atoms. The Morgan fingerprint density at radius 3 is 2.54 bits per heavy atom. The van der Waals surface area contributed by atoms with Crippen LogP contribution in [0.4, 0.5) is 15.8 Å². The van der Waals surface area contributed by atoms with Crippen LogP contribution in [0.25, 0.3) is 4.85 Å². The number of rotatable bonds is 11. The first-order valence-corrected chi connectivity index (χ1v) is 17.0. The van der Waals surface area contributed by atoms with Gasteiger partial charge in [-0.1, -0.05) is 29.8 Å². The Hall–Kier alpha value is -4.27. The summed E-state index contributed by atoms with van der Waals surface area (Å²) >= 11 is 8.41. The molecule has 1 fully saturated rings. The first kappa shape index (κ1) is 35.0. The minimum atomic E-state index is -0.973. The lowest BCUT2D eigenvalue weighted by atomic mass is 10.1. The lowest BCUT2D eigenvalue weighted by Crippen LogP contribution is -2.45. The molecule has 2 heterocycles. The molecule has 3 aromatic carbocycles. The highest BCUT2D eigenvalue weighted by Crippen LogP contribution is 2.38. The van der Waals surface area contributed by atoms with Gasteiger partial charge in [0.25, 0.3) is 5.91 Å². The van der Waals surface area contributed by atoms with Gasteiger partial charge in [0, 0.05) is 40.8 Å². The third kappa shape index (κ3) is 8.41. The van der Waals surface area contributed by atoms with Crippen LogP contribution in [0.3, 0.4) is 0 Å². The lowest BCUT2D eigenvalue weighted by molar-refractivity contribution is -0.155. The van der Waals surface area contributed by atoms with Gasteiger partial charge in [-0.25, -0.2) is 9.24 Å². The van der Waals surface area contributed by atoms with E-state index in [4.69, 9.17) is 33.4 Å². The number of fused-ring (bicyclic) bond motifs is 1. The number of hydrogen-bond acceptors (Lipinski definition) is 7. The average molecular weight is 693 g/mol. The van der Waals surface area contributed by atoms with E-state index in [0.717, 1.165) is 23.3 Å². The van der Waals surface area contributed by atoms with Crippen LogP contribution in [0.15, 0.2) is 59.5 Å². The minimum Gasteiger partial charge on any atom is -0.489 e. The number of thioether (sulfide) groups is 1. The minimum absolute atomic E-state index is 0.0536. The second-order valence-electron chi connectivity index (χ2n) is 12.9. The van der Waals surface area contributed by atoms with Crippen LogP contribution in [-0.4, -0.2) is 52.7 Å². The van der Waals surface area contributed by atoms with Crippen LogP contribution in [0.2, 0.25) is 5.02 Å². The van der Waals surface area contributed by atoms with Crippen LogP contribution in [0.1, 0.15) is 67.9 Å². The number of hydrogen-bond donors (Lipinski definition) is 1. The molecule has 252 valence electrons. The molecule has 2 amide bonds. The Balaban J connectivity index is 1.17. The molecule has 5 rings (SSSR count). The maximum absolute atomic E-state index is 14.5. The van der Waals surface area contributed by atoms with Crippen molar-refractivity contribution in [3.8, 4) is 5.75 Å². The van der Waals surface area contributed by atoms with E-state index in [0.29, 0.717) is 51.6 Å². The summed E-state index contributed by atoms with van der Waals surface area (Å²) in [7, 11) is 0. The molecule has 9 nitrogen and oxygen atoms in total. The van der Waals surface area contributed by atoms with Gasteiger partial charge in [-0.2, -0.15) is 0 Å². The molecule has 2 N–H and O–H groups in total. The van der Waals surface area contributed by atoms with Gasteiger partial charge in [0.05, 0.1) is 23.8 Å². The molecule has 1 saturated heterocycles. The Morgan fingerprint density at radius 2 is 1.90 bits per heavy atom. The van der Waals surface area contributed by atoms with Gasteiger partial charge in [-0.05, 0) is 82.0 Å². The number of anilines is 1. The molecule has 48 heavy (non-hydrogen) atoms. The van der Waals surface area contributed by atoms with Gasteiger partial charge in [0.1, 0.15) is 29.8 Å². The normalized spacial score (nSPS) is 15.5. The summed E-state index contributed by atoms with van der Waals surface area (Å²) in [5.41, 5.74) is 7.76. The van der Waals surface area contributed by atoms with Crippen LogP contribution in [0, 0.1) is 12.4 Å². The van der Waals surface area contributed by atoms with Crippen molar-refractivity contribution in [2.24, 2.45) is 5.73 Å². The Kier molecular flexibility index (Phi) is 10.9. The first-order valence-electron chi connectivity index (χ1n) is 15.8. The van der Waals surface area contributed by atoms with E-state index in [-0.39, 0.29) is 37.7 Å². The largest absolute Gasteiger partial charge is 0.489 e. The summed E-state index contributed by atoms with van der Waals surface area (Å²) in [6.07, 6.45) is 1.73. The van der Waals surface area contributed by atoms with Crippen LogP contribution in [-0.2, 0) is 27.5 Å². The molecule has 3 aromatic rings. The van der Waals surface area contributed by atoms with Crippen molar-refractivity contribution in [1.82, 2.24) is 4.90 Å². The molecule has 0 spiro atoms. The number of benzene rings is 3.